The van der Waals surface area contributed by atoms with Crippen LogP contribution in [0.4, 0.5) is 0 Å². The van der Waals surface area contributed by atoms with Gasteiger partial charge in [-0.25, -0.2) is 0 Å². The van der Waals surface area contributed by atoms with Crippen molar-refractivity contribution in [2.75, 3.05) is 20.1 Å². The summed E-state index contributed by atoms with van der Waals surface area (Å²) in [6.07, 6.45) is 0. The van der Waals surface area contributed by atoms with Crippen LogP contribution in [0.3, 0.4) is 0 Å². The van der Waals surface area contributed by atoms with E-state index in [4.69, 9.17) is 0 Å². The fourth-order valence-corrected chi connectivity index (χ4v) is 2.51. The number of hydrogen-bond acceptors (Lipinski definition) is 3. The maximum atomic E-state index is 11.3. The van der Waals surface area contributed by atoms with Gasteiger partial charge < -0.3 is 15.5 Å². The van der Waals surface area contributed by atoms with Crippen LogP contribution in [0.1, 0.15) is 11.1 Å². The Balaban J connectivity index is 0.00000176. The number of nitrogens with zero attached hydrogens (tertiary/aromatic N) is 3. The van der Waals surface area contributed by atoms with Crippen molar-refractivity contribution >= 4 is 5.71 Å². The number of aliphatic imine (C=N–C) groups is 1. The van der Waals surface area contributed by atoms with Gasteiger partial charge in [-0.05, 0) is 18.2 Å². The van der Waals surface area contributed by atoms with Crippen LogP contribution in [0.2, 0.25) is 0 Å². The molecule has 1 aliphatic heterocycles. The van der Waals surface area contributed by atoms with E-state index in [9.17, 15) is 5.11 Å². The maximum absolute atomic E-state index is 11.3. The summed E-state index contributed by atoms with van der Waals surface area (Å²) >= 11 is 0. The van der Waals surface area contributed by atoms with Gasteiger partial charge in [0.25, 0.3) is 0 Å². The van der Waals surface area contributed by atoms with Gasteiger partial charge in [0.2, 0.25) is 0 Å². The van der Waals surface area contributed by atoms with Crippen LogP contribution in [0, 0.1) is 0 Å². The standard InChI is InChI=1S/C17H18N3O.Na/c1-20-13-12-18-16(14-8-4-2-5-9-14)17(21,19-20)15-10-6-3-7-11-15;/h2-11,21H,12-13H2,1H3;/q-1;+1. The van der Waals surface area contributed by atoms with Gasteiger partial charge in [0.1, 0.15) is 0 Å². The molecule has 0 aliphatic carbocycles. The fraction of sp³-hybridized carbons (Fsp3) is 0.235. The molecule has 1 heterocycles. The van der Waals surface area contributed by atoms with E-state index in [0.717, 1.165) is 11.1 Å². The normalized spacial score (nSPS) is 22.4. The molecule has 108 valence electrons. The summed E-state index contributed by atoms with van der Waals surface area (Å²) in [5.41, 5.74) is 5.25. The maximum Gasteiger partial charge on any atom is 1.00 e. The van der Waals surface area contributed by atoms with E-state index in [-0.39, 0.29) is 29.6 Å². The zero-order chi connectivity index (χ0) is 14.7. The SMILES string of the molecule is CN1CCN=C(c2ccccc2)C(O)(c2ccccc2)[N-]1.[Na+]. The van der Waals surface area contributed by atoms with E-state index >= 15 is 0 Å². The van der Waals surface area contributed by atoms with Crippen molar-refractivity contribution in [3.8, 4) is 0 Å². The van der Waals surface area contributed by atoms with Crippen LogP contribution >= 0.6 is 0 Å². The Hall–Kier alpha value is -1.01. The van der Waals surface area contributed by atoms with Gasteiger partial charge in [0.15, 0.2) is 0 Å². The summed E-state index contributed by atoms with van der Waals surface area (Å²) < 4.78 is 0. The average molecular weight is 303 g/mol. The minimum atomic E-state index is -1.45. The first-order chi connectivity index (χ1) is 10.2. The second-order valence-electron chi connectivity index (χ2n) is 5.12. The molecule has 0 saturated heterocycles. The Morgan fingerprint density at radius 3 is 2.27 bits per heavy atom. The Kier molecular flexibility index (Phi) is 5.92. The van der Waals surface area contributed by atoms with Crippen LogP contribution in [0.15, 0.2) is 65.7 Å². The number of aliphatic hydroxyl groups is 1. The summed E-state index contributed by atoms with van der Waals surface area (Å²) in [6.45, 7) is 1.30. The number of hydrogen-bond donors (Lipinski definition) is 1. The smallest absolute Gasteiger partial charge is 0.557 e. The van der Waals surface area contributed by atoms with Crippen molar-refractivity contribution in [2.45, 2.75) is 5.72 Å². The molecule has 1 unspecified atom stereocenters. The van der Waals surface area contributed by atoms with Crippen molar-refractivity contribution in [2.24, 2.45) is 4.99 Å². The quantitative estimate of drug-likeness (QED) is 0.765. The monoisotopic (exact) mass is 303 g/mol. The Bertz CT molecular complexity index is 633. The van der Waals surface area contributed by atoms with E-state index in [1.807, 2.05) is 67.7 Å². The predicted octanol–water partition coefficient (Wildman–Crippen LogP) is -0.441. The zero-order valence-electron chi connectivity index (χ0n) is 13.0. The molecule has 2 aromatic carbocycles. The van der Waals surface area contributed by atoms with Gasteiger partial charge in [-0.3, -0.25) is 4.99 Å². The van der Waals surface area contributed by atoms with Crippen LogP contribution in [-0.4, -0.2) is 36.0 Å². The van der Waals surface area contributed by atoms with Crippen molar-refractivity contribution in [1.29, 1.82) is 0 Å². The van der Waals surface area contributed by atoms with E-state index in [0.29, 0.717) is 18.8 Å². The summed E-state index contributed by atoms with van der Waals surface area (Å²) in [7, 11) is 1.86. The predicted molar refractivity (Wildman–Crippen MR) is 84.2 cm³/mol. The molecule has 0 aromatic heterocycles. The summed E-state index contributed by atoms with van der Waals surface area (Å²) in [4.78, 5) is 4.60. The third-order valence-corrected chi connectivity index (χ3v) is 3.56. The third-order valence-electron chi connectivity index (χ3n) is 3.56. The van der Waals surface area contributed by atoms with Crippen LogP contribution in [-0.2, 0) is 5.72 Å². The Labute approximate surface area is 153 Å². The zero-order valence-corrected chi connectivity index (χ0v) is 15.0. The first kappa shape index (κ1) is 17.3. The molecule has 0 spiro atoms. The molecule has 22 heavy (non-hydrogen) atoms. The molecule has 4 nitrogen and oxygen atoms in total. The molecule has 1 aliphatic rings. The van der Waals surface area contributed by atoms with Crippen LogP contribution in [0.5, 0.6) is 0 Å². The molecule has 2 aromatic rings. The van der Waals surface area contributed by atoms with Gasteiger partial charge in [0.05, 0.1) is 18.0 Å². The molecule has 0 saturated carbocycles. The summed E-state index contributed by atoms with van der Waals surface area (Å²) in [5.74, 6) is 0. The molecular formula is C17H18N3NaO. The van der Waals surface area contributed by atoms with Crippen molar-refractivity contribution in [3.05, 3.63) is 77.2 Å². The Morgan fingerprint density at radius 2 is 1.64 bits per heavy atom. The van der Waals surface area contributed by atoms with Gasteiger partial charge in [0, 0.05) is 6.54 Å². The molecule has 3 rings (SSSR count). The molecule has 0 bridgehead atoms. The fourth-order valence-electron chi connectivity index (χ4n) is 2.51. The van der Waals surface area contributed by atoms with Gasteiger partial charge in [-0.15, -0.1) is 0 Å². The third kappa shape index (κ3) is 3.49. The van der Waals surface area contributed by atoms with Crippen LogP contribution in [0.25, 0.3) is 5.43 Å². The van der Waals surface area contributed by atoms with E-state index in [1.54, 1.807) is 5.01 Å². The van der Waals surface area contributed by atoms with Gasteiger partial charge in [-0.2, -0.15) is 0 Å². The summed E-state index contributed by atoms with van der Waals surface area (Å²) in [6, 6.07) is 19.2. The number of rotatable bonds is 2. The molecule has 1 atom stereocenters. The van der Waals surface area contributed by atoms with E-state index in [1.165, 1.54) is 0 Å². The molecule has 5 heteroatoms. The van der Waals surface area contributed by atoms with Crippen molar-refractivity contribution in [3.63, 3.8) is 0 Å². The second-order valence-corrected chi connectivity index (χ2v) is 5.12. The molecule has 0 radical (unpaired) electrons. The Morgan fingerprint density at radius 1 is 1.05 bits per heavy atom. The van der Waals surface area contributed by atoms with E-state index < -0.39 is 5.72 Å². The second kappa shape index (κ2) is 7.51. The molecule has 1 N–H and O–H groups in total. The van der Waals surface area contributed by atoms with Gasteiger partial charge >= 0.3 is 29.6 Å². The summed E-state index contributed by atoms with van der Waals surface area (Å²) in [5, 5.41) is 13.0. The topological polar surface area (TPSA) is 49.9 Å². The minimum absolute atomic E-state index is 0. The van der Waals surface area contributed by atoms with Gasteiger partial charge in [-0.1, -0.05) is 60.7 Å². The van der Waals surface area contributed by atoms with Crippen molar-refractivity contribution in [1.82, 2.24) is 5.01 Å². The van der Waals surface area contributed by atoms with E-state index in [2.05, 4.69) is 10.4 Å². The number of likely N-dealkylation sites (N-methyl/N-ethyl adjacent to an activating group) is 1. The average Bonchev–Trinajstić information content (AvgIpc) is 2.68. The molecule has 0 amide bonds. The van der Waals surface area contributed by atoms with Crippen LogP contribution < -0.4 is 29.6 Å². The largest absolute Gasteiger partial charge is 1.00 e. The minimum Gasteiger partial charge on any atom is -0.557 e. The first-order valence-electron chi connectivity index (χ1n) is 7.02. The van der Waals surface area contributed by atoms with Crippen molar-refractivity contribution < 1.29 is 34.7 Å². The molecule has 0 fully saturated rings. The first-order valence-corrected chi connectivity index (χ1v) is 7.02. The molecular weight excluding hydrogens is 285 g/mol. The number of benzene rings is 2.